The van der Waals surface area contributed by atoms with Gasteiger partial charge in [-0.1, -0.05) is 13.8 Å². The van der Waals surface area contributed by atoms with Crippen LogP contribution in [-0.4, -0.2) is 18.4 Å². The molecule has 0 saturated carbocycles. The highest BCUT2D eigenvalue weighted by atomic mass is 32.2. The van der Waals surface area contributed by atoms with Gasteiger partial charge in [0.1, 0.15) is 0 Å². The lowest BCUT2D eigenvalue weighted by Gasteiger charge is -2.03. The second-order valence-corrected chi connectivity index (χ2v) is 4.49. The molecule has 6 heteroatoms. The number of aromatic nitrogens is 2. The van der Waals surface area contributed by atoms with E-state index in [0.29, 0.717) is 0 Å². The highest BCUT2D eigenvalue weighted by Gasteiger charge is 2.10. The van der Waals surface area contributed by atoms with Crippen LogP contribution in [-0.2, 0) is 10.0 Å². The van der Waals surface area contributed by atoms with Crippen molar-refractivity contribution in [3.8, 4) is 0 Å². The van der Waals surface area contributed by atoms with Crippen LogP contribution in [0.4, 0.5) is 0 Å². The molecule has 5 nitrogen and oxygen atoms in total. The predicted molar refractivity (Wildman–Crippen MR) is 47.5 cm³/mol. The van der Waals surface area contributed by atoms with E-state index in [1.165, 1.54) is 12.4 Å². The van der Waals surface area contributed by atoms with Gasteiger partial charge in [-0.2, -0.15) is 0 Å². The van der Waals surface area contributed by atoms with Gasteiger partial charge in [-0.15, -0.1) is 0 Å². The zero-order valence-corrected chi connectivity index (χ0v) is 8.25. The second-order valence-electron chi connectivity index (χ2n) is 2.98. The molecule has 0 aliphatic rings. The Morgan fingerprint density at radius 2 is 1.92 bits per heavy atom. The minimum Gasteiger partial charge on any atom is -0.256 e. The van der Waals surface area contributed by atoms with Crippen LogP contribution in [0.2, 0.25) is 0 Å². The molecular formula is C7H11N3O2S. The molecule has 0 aliphatic heterocycles. The average molecular weight is 201 g/mol. The van der Waals surface area contributed by atoms with Crippen molar-refractivity contribution in [1.82, 2.24) is 9.97 Å². The number of hydrogen-bond acceptors (Lipinski definition) is 4. The van der Waals surface area contributed by atoms with Gasteiger partial charge in [-0.05, 0) is 5.92 Å². The van der Waals surface area contributed by atoms with E-state index in [4.69, 9.17) is 5.14 Å². The molecule has 1 aromatic heterocycles. The van der Waals surface area contributed by atoms with Gasteiger partial charge in [0.2, 0.25) is 0 Å². The smallest absolute Gasteiger partial charge is 0.256 e. The van der Waals surface area contributed by atoms with Gasteiger partial charge in [0.15, 0.2) is 5.03 Å². The zero-order valence-electron chi connectivity index (χ0n) is 7.43. The van der Waals surface area contributed by atoms with Crippen molar-refractivity contribution in [2.75, 3.05) is 0 Å². The van der Waals surface area contributed by atoms with E-state index in [0.717, 1.165) is 5.69 Å². The first-order chi connectivity index (χ1) is 5.91. The molecule has 0 spiro atoms. The molecule has 0 atom stereocenters. The molecule has 1 aromatic rings. The third kappa shape index (κ3) is 2.46. The first-order valence-corrected chi connectivity index (χ1v) is 5.30. The van der Waals surface area contributed by atoms with E-state index < -0.39 is 10.0 Å². The molecule has 1 rings (SSSR count). The second kappa shape index (κ2) is 3.39. The number of hydrogen-bond donors (Lipinski definition) is 1. The molecule has 1 heterocycles. The summed E-state index contributed by atoms with van der Waals surface area (Å²) in [4.78, 5) is 7.62. The van der Waals surface area contributed by atoms with Gasteiger partial charge in [0, 0.05) is 0 Å². The summed E-state index contributed by atoms with van der Waals surface area (Å²) >= 11 is 0. The van der Waals surface area contributed by atoms with E-state index >= 15 is 0 Å². The third-order valence-corrected chi connectivity index (χ3v) is 2.32. The van der Waals surface area contributed by atoms with Crippen molar-refractivity contribution in [3.05, 3.63) is 18.1 Å². The quantitative estimate of drug-likeness (QED) is 0.743. The van der Waals surface area contributed by atoms with Crippen molar-refractivity contribution in [2.24, 2.45) is 5.14 Å². The normalized spacial score (nSPS) is 12.0. The molecule has 0 saturated heterocycles. The molecule has 0 unspecified atom stereocenters. The van der Waals surface area contributed by atoms with E-state index in [9.17, 15) is 8.42 Å². The van der Waals surface area contributed by atoms with Crippen molar-refractivity contribution >= 4 is 10.0 Å². The van der Waals surface area contributed by atoms with Crippen LogP contribution in [0.25, 0.3) is 0 Å². The lowest BCUT2D eigenvalue weighted by atomic mass is 10.1. The molecule has 0 radical (unpaired) electrons. The standard InChI is InChI=1S/C7H11N3O2S/c1-5(2)6-3-10-7(4-9-6)13(8,11)12/h3-5H,1-2H3,(H2,8,11,12). The Labute approximate surface area is 77.1 Å². The summed E-state index contributed by atoms with van der Waals surface area (Å²) in [7, 11) is -3.72. The Morgan fingerprint density at radius 1 is 1.31 bits per heavy atom. The fourth-order valence-corrected chi connectivity index (χ4v) is 1.17. The van der Waals surface area contributed by atoms with Gasteiger partial charge >= 0.3 is 0 Å². The average Bonchev–Trinajstić information content (AvgIpc) is 2.03. The molecule has 0 aliphatic carbocycles. The largest absolute Gasteiger partial charge is 0.257 e. The topological polar surface area (TPSA) is 85.9 Å². The van der Waals surface area contributed by atoms with Crippen molar-refractivity contribution < 1.29 is 8.42 Å². The third-order valence-electron chi connectivity index (χ3n) is 1.53. The van der Waals surface area contributed by atoms with Crippen molar-refractivity contribution in [1.29, 1.82) is 0 Å². The molecule has 0 fully saturated rings. The van der Waals surface area contributed by atoms with Crippen LogP contribution < -0.4 is 5.14 Å². The summed E-state index contributed by atoms with van der Waals surface area (Å²) in [5.74, 6) is 0.224. The van der Waals surface area contributed by atoms with E-state index in [1.807, 2.05) is 13.8 Å². The minimum atomic E-state index is -3.72. The maximum absolute atomic E-state index is 10.8. The molecule has 2 N–H and O–H groups in total. The van der Waals surface area contributed by atoms with Crippen LogP contribution in [0.1, 0.15) is 25.5 Å². The predicted octanol–water partition coefficient (Wildman–Crippen LogP) is 0.247. The maximum atomic E-state index is 10.8. The van der Waals surface area contributed by atoms with E-state index in [-0.39, 0.29) is 10.9 Å². The summed E-state index contributed by atoms with van der Waals surface area (Å²) in [6.07, 6.45) is 2.59. The summed E-state index contributed by atoms with van der Waals surface area (Å²) in [6.45, 7) is 3.89. The summed E-state index contributed by atoms with van der Waals surface area (Å²) in [5, 5.41) is 4.66. The van der Waals surface area contributed by atoms with E-state index in [1.54, 1.807) is 0 Å². The summed E-state index contributed by atoms with van der Waals surface area (Å²) in [5.41, 5.74) is 0.743. The fraction of sp³-hybridized carbons (Fsp3) is 0.429. The highest BCUT2D eigenvalue weighted by molar-refractivity contribution is 7.89. The van der Waals surface area contributed by atoms with Crippen LogP contribution in [0.5, 0.6) is 0 Å². The summed E-state index contributed by atoms with van der Waals surface area (Å²) in [6, 6.07) is 0. The van der Waals surface area contributed by atoms with Crippen molar-refractivity contribution in [2.45, 2.75) is 24.8 Å². The Hall–Kier alpha value is -1.01. The van der Waals surface area contributed by atoms with Crippen LogP contribution in [0.15, 0.2) is 17.4 Å². The molecule has 72 valence electrons. The van der Waals surface area contributed by atoms with Crippen LogP contribution >= 0.6 is 0 Å². The highest BCUT2D eigenvalue weighted by Crippen LogP contribution is 2.10. The first-order valence-electron chi connectivity index (χ1n) is 3.76. The Kier molecular flexibility index (Phi) is 2.63. The van der Waals surface area contributed by atoms with Crippen LogP contribution in [0, 0.1) is 0 Å². The molecule has 0 bridgehead atoms. The van der Waals surface area contributed by atoms with Crippen LogP contribution in [0.3, 0.4) is 0 Å². The number of sulfonamides is 1. The maximum Gasteiger partial charge on any atom is 0.257 e. The number of nitrogens with two attached hydrogens (primary N) is 1. The lowest BCUT2D eigenvalue weighted by Crippen LogP contribution is -2.14. The van der Waals surface area contributed by atoms with Gasteiger partial charge in [0.05, 0.1) is 18.1 Å². The van der Waals surface area contributed by atoms with Gasteiger partial charge in [0.25, 0.3) is 10.0 Å². The molecule has 0 aromatic carbocycles. The Bertz CT molecular complexity index is 383. The minimum absolute atomic E-state index is 0.197. The Morgan fingerprint density at radius 3 is 2.23 bits per heavy atom. The molecule has 0 amide bonds. The zero-order chi connectivity index (χ0) is 10.1. The van der Waals surface area contributed by atoms with Gasteiger partial charge in [-0.3, -0.25) is 4.98 Å². The molecule has 13 heavy (non-hydrogen) atoms. The van der Waals surface area contributed by atoms with E-state index in [2.05, 4.69) is 9.97 Å². The molecular weight excluding hydrogens is 190 g/mol. The van der Waals surface area contributed by atoms with Gasteiger partial charge in [-0.25, -0.2) is 18.5 Å². The van der Waals surface area contributed by atoms with Crippen molar-refractivity contribution in [3.63, 3.8) is 0 Å². The first kappa shape index (κ1) is 10.1. The lowest BCUT2D eigenvalue weighted by molar-refractivity contribution is 0.592. The summed E-state index contributed by atoms with van der Waals surface area (Å²) < 4.78 is 21.6. The fourth-order valence-electron chi connectivity index (χ4n) is 0.771. The SMILES string of the molecule is CC(C)c1cnc(S(N)(=O)=O)cn1. The number of rotatable bonds is 2. The monoisotopic (exact) mass is 201 g/mol. The number of nitrogens with zero attached hydrogens (tertiary/aromatic N) is 2. The Balaban J connectivity index is 3.08. The number of primary sulfonamides is 1. The van der Waals surface area contributed by atoms with Gasteiger partial charge < -0.3 is 0 Å².